The Balaban J connectivity index is 1.55. The summed E-state index contributed by atoms with van der Waals surface area (Å²) in [5.41, 5.74) is 8.88. The smallest absolute Gasteiger partial charge is 0.156 e. The van der Waals surface area contributed by atoms with Crippen molar-refractivity contribution in [3.8, 4) is 17.1 Å². The van der Waals surface area contributed by atoms with Crippen LogP contribution in [0.2, 0.25) is 0 Å². The van der Waals surface area contributed by atoms with Crippen molar-refractivity contribution in [2.24, 2.45) is 5.73 Å². The van der Waals surface area contributed by atoms with Crippen LogP contribution in [0.1, 0.15) is 13.3 Å². The third-order valence-electron chi connectivity index (χ3n) is 5.19. The van der Waals surface area contributed by atoms with E-state index in [1.807, 2.05) is 58.4 Å². The van der Waals surface area contributed by atoms with Crippen molar-refractivity contribution in [3.05, 3.63) is 49.1 Å². The van der Waals surface area contributed by atoms with Crippen LogP contribution < -0.4 is 10.6 Å². The number of nitrogens with two attached hydrogens (primary N) is 1. The molecule has 0 aliphatic carbocycles. The van der Waals surface area contributed by atoms with Gasteiger partial charge in [-0.25, -0.2) is 9.67 Å². The van der Waals surface area contributed by atoms with E-state index in [4.69, 9.17) is 10.7 Å². The monoisotopic (exact) mass is 374 g/mol. The number of anilines is 1. The zero-order valence-electron chi connectivity index (χ0n) is 15.7. The molecule has 5 heterocycles. The minimum absolute atomic E-state index is 0.216. The van der Waals surface area contributed by atoms with Gasteiger partial charge >= 0.3 is 0 Å². The van der Waals surface area contributed by atoms with Crippen molar-refractivity contribution in [3.63, 3.8) is 0 Å². The molecule has 1 saturated heterocycles. The minimum atomic E-state index is 0.216. The molecule has 0 aromatic carbocycles. The predicted octanol–water partition coefficient (Wildman–Crippen LogP) is 2.24. The zero-order chi connectivity index (χ0) is 19.1. The van der Waals surface area contributed by atoms with Crippen molar-refractivity contribution < 1.29 is 0 Å². The van der Waals surface area contributed by atoms with Crippen molar-refractivity contribution in [1.29, 1.82) is 0 Å². The summed E-state index contributed by atoms with van der Waals surface area (Å²) in [5.74, 6) is 1.72. The Kier molecular flexibility index (Phi) is 4.05. The highest BCUT2D eigenvalue weighted by atomic mass is 15.3. The van der Waals surface area contributed by atoms with Crippen molar-refractivity contribution >= 4 is 16.7 Å². The van der Waals surface area contributed by atoms with Crippen LogP contribution in [0.4, 0.5) is 5.82 Å². The molecule has 0 amide bonds. The van der Waals surface area contributed by atoms with Gasteiger partial charge in [0.15, 0.2) is 5.82 Å². The molecule has 0 bridgehead atoms. The van der Waals surface area contributed by atoms with E-state index in [0.717, 1.165) is 59.9 Å². The third-order valence-corrected chi connectivity index (χ3v) is 5.19. The summed E-state index contributed by atoms with van der Waals surface area (Å²) < 4.78 is 3.76. The second kappa shape index (κ2) is 6.72. The van der Waals surface area contributed by atoms with E-state index in [2.05, 4.69) is 27.0 Å². The van der Waals surface area contributed by atoms with Gasteiger partial charge < -0.3 is 10.6 Å². The van der Waals surface area contributed by atoms with Gasteiger partial charge in [0.25, 0.3) is 0 Å². The van der Waals surface area contributed by atoms with Crippen LogP contribution in [0.5, 0.6) is 0 Å². The Morgan fingerprint density at radius 1 is 1.14 bits per heavy atom. The van der Waals surface area contributed by atoms with Crippen LogP contribution in [0, 0.1) is 0 Å². The highest BCUT2D eigenvalue weighted by Crippen LogP contribution is 2.24. The van der Waals surface area contributed by atoms with Crippen LogP contribution in [0.25, 0.3) is 28.0 Å². The topological polar surface area (TPSA) is 90.7 Å². The van der Waals surface area contributed by atoms with Gasteiger partial charge in [0.2, 0.25) is 0 Å². The summed E-state index contributed by atoms with van der Waals surface area (Å²) in [6.45, 7) is 4.67. The van der Waals surface area contributed by atoms with E-state index in [0.29, 0.717) is 0 Å². The number of hydrogen-bond acceptors (Lipinski definition) is 6. The van der Waals surface area contributed by atoms with E-state index in [-0.39, 0.29) is 6.04 Å². The number of fused-ring (bicyclic) bond motifs is 1. The standard InChI is InChI=1S/C20H22N8/c1-2-27-12-15(11-23-27)17-8-18-14(9-22-17)10-24-28(18)20-5-3-4-19(25-20)26-7-6-16(21)13-26/h3-5,8-12,16H,2,6-7,13,21H2,1H3. The lowest BCUT2D eigenvalue weighted by Gasteiger charge is -2.17. The maximum absolute atomic E-state index is 6.05. The first-order chi connectivity index (χ1) is 13.7. The van der Waals surface area contributed by atoms with E-state index < -0.39 is 0 Å². The Morgan fingerprint density at radius 2 is 2.04 bits per heavy atom. The minimum Gasteiger partial charge on any atom is -0.355 e. The van der Waals surface area contributed by atoms with Crippen LogP contribution in [-0.4, -0.2) is 48.7 Å². The van der Waals surface area contributed by atoms with Crippen molar-refractivity contribution in [1.82, 2.24) is 29.5 Å². The third kappa shape index (κ3) is 2.91. The molecule has 1 fully saturated rings. The first-order valence-electron chi connectivity index (χ1n) is 9.56. The van der Waals surface area contributed by atoms with Gasteiger partial charge in [0, 0.05) is 49.0 Å². The number of pyridine rings is 2. The Hall–Kier alpha value is -3.26. The molecule has 8 heteroatoms. The normalized spacial score (nSPS) is 16.9. The van der Waals surface area contributed by atoms with Gasteiger partial charge in [0.1, 0.15) is 5.82 Å². The van der Waals surface area contributed by atoms with E-state index >= 15 is 0 Å². The maximum atomic E-state index is 6.05. The first kappa shape index (κ1) is 16.9. The molecule has 5 rings (SSSR count). The molecule has 28 heavy (non-hydrogen) atoms. The number of aryl methyl sites for hydroxylation is 1. The SMILES string of the molecule is CCn1cc(-c2cc3c(cn2)cnn3-c2cccc(N3CCC(N)C3)n2)cn1. The molecule has 1 unspecified atom stereocenters. The second-order valence-electron chi connectivity index (χ2n) is 7.12. The highest BCUT2D eigenvalue weighted by Gasteiger charge is 2.20. The van der Waals surface area contributed by atoms with Gasteiger partial charge in [-0.05, 0) is 31.5 Å². The summed E-state index contributed by atoms with van der Waals surface area (Å²) in [5, 5.41) is 9.88. The summed E-state index contributed by atoms with van der Waals surface area (Å²) in [6.07, 6.45) is 8.51. The van der Waals surface area contributed by atoms with Gasteiger partial charge in [-0.2, -0.15) is 10.2 Å². The lowest BCUT2D eigenvalue weighted by molar-refractivity contribution is 0.660. The Bertz CT molecular complexity index is 1130. The summed E-state index contributed by atoms with van der Waals surface area (Å²) >= 11 is 0. The first-order valence-corrected chi connectivity index (χ1v) is 9.56. The Morgan fingerprint density at radius 3 is 2.82 bits per heavy atom. The number of aromatic nitrogens is 6. The number of nitrogens with zero attached hydrogens (tertiary/aromatic N) is 7. The molecule has 2 N–H and O–H groups in total. The average Bonchev–Trinajstić information content (AvgIpc) is 3.46. The fourth-order valence-corrected chi connectivity index (χ4v) is 3.63. The quantitative estimate of drug-likeness (QED) is 0.589. The summed E-state index contributed by atoms with van der Waals surface area (Å²) in [4.78, 5) is 11.6. The summed E-state index contributed by atoms with van der Waals surface area (Å²) in [6, 6.07) is 8.27. The van der Waals surface area contributed by atoms with Gasteiger partial charge in [-0.1, -0.05) is 6.07 Å². The number of rotatable bonds is 4. The molecule has 0 radical (unpaired) electrons. The van der Waals surface area contributed by atoms with Gasteiger partial charge in [-0.3, -0.25) is 9.67 Å². The molecule has 8 nitrogen and oxygen atoms in total. The highest BCUT2D eigenvalue weighted by molar-refractivity contribution is 5.83. The van der Waals surface area contributed by atoms with E-state index in [1.165, 1.54) is 0 Å². The molecule has 142 valence electrons. The van der Waals surface area contributed by atoms with E-state index in [1.54, 1.807) is 0 Å². The largest absolute Gasteiger partial charge is 0.355 e. The fraction of sp³-hybridized carbons (Fsp3) is 0.300. The predicted molar refractivity (Wildman–Crippen MR) is 108 cm³/mol. The second-order valence-corrected chi connectivity index (χ2v) is 7.12. The lowest BCUT2D eigenvalue weighted by atomic mass is 10.2. The van der Waals surface area contributed by atoms with Crippen LogP contribution in [0.15, 0.2) is 49.1 Å². The molecule has 0 spiro atoms. The van der Waals surface area contributed by atoms with Gasteiger partial charge in [0.05, 0.1) is 23.6 Å². The Labute approximate surface area is 162 Å². The van der Waals surface area contributed by atoms with Crippen LogP contribution in [-0.2, 0) is 6.54 Å². The average molecular weight is 374 g/mol. The molecule has 1 atom stereocenters. The molecular formula is C20H22N8. The van der Waals surface area contributed by atoms with Crippen LogP contribution >= 0.6 is 0 Å². The molecule has 1 aliphatic rings. The fourth-order valence-electron chi connectivity index (χ4n) is 3.63. The molecule has 4 aromatic rings. The molecule has 1 aliphatic heterocycles. The summed E-state index contributed by atoms with van der Waals surface area (Å²) in [7, 11) is 0. The lowest BCUT2D eigenvalue weighted by Crippen LogP contribution is -2.27. The number of hydrogen-bond donors (Lipinski definition) is 1. The van der Waals surface area contributed by atoms with Crippen molar-refractivity contribution in [2.75, 3.05) is 18.0 Å². The van der Waals surface area contributed by atoms with E-state index in [9.17, 15) is 0 Å². The molecule has 4 aromatic heterocycles. The van der Waals surface area contributed by atoms with Gasteiger partial charge in [-0.15, -0.1) is 0 Å². The zero-order valence-corrected chi connectivity index (χ0v) is 15.7. The van der Waals surface area contributed by atoms with Crippen LogP contribution in [0.3, 0.4) is 0 Å². The molecule has 0 saturated carbocycles. The molecular weight excluding hydrogens is 352 g/mol. The maximum Gasteiger partial charge on any atom is 0.156 e. The van der Waals surface area contributed by atoms with Crippen molar-refractivity contribution in [2.45, 2.75) is 25.9 Å².